The minimum absolute atomic E-state index is 0.0262. The number of hydrogen-bond donors (Lipinski definition) is 4. The molecule has 15 heavy (non-hydrogen) atoms. The van der Waals surface area contributed by atoms with Crippen molar-refractivity contribution in [1.82, 2.24) is 5.32 Å². The maximum Gasteiger partial charge on any atom is 0.317 e. The van der Waals surface area contributed by atoms with E-state index in [0.29, 0.717) is 5.56 Å². The Labute approximate surface area is 87.0 Å². The molecule has 82 valence electrons. The summed E-state index contributed by atoms with van der Waals surface area (Å²) in [6.45, 7) is 1.55. The molecule has 4 N–H and O–H groups in total. The number of nitrogens with one attached hydrogen (secondary N) is 1. The second-order valence-electron chi connectivity index (χ2n) is 3.24. The van der Waals surface area contributed by atoms with Crippen molar-refractivity contribution in [2.45, 2.75) is 13.0 Å². The fraction of sp³-hybridized carbons (Fsp3) is 0.300. The molecule has 0 unspecified atom stereocenters. The summed E-state index contributed by atoms with van der Waals surface area (Å²) < 4.78 is 0. The molecule has 0 saturated carbocycles. The van der Waals surface area contributed by atoms with Crippen LogP contribution in [0.4, 0.5) is 0 Å². The average Bonchev–Trinajstić information content (AvgIpc) is 2.14. The second kappa shape index (κ2) is 4.65. The van der Waals surface area contributed by atoms with E-state index in [-0.39, 0.29) is 24.1 Å². The van der Waals surface area contributed by atoms with E-state index in [9.17, 15) is 9.90 Å². The van der Waals surface area contributed by atoms with Crippen LogP contribution in [0.5, 0.6) is 11.5 Å². The number of aromatic hydroxyl groups is 2. The van der Waals surface area contributed by atoms with Gasteiger partial charge < -0.3 is 20.6 Å². The lowest BCUT2D eigenvalue weighted by Crippen LogP contribution is -2.25. The van der Waals surface area contributed by atoms with Crippen LogP contribution in [-0.4, -0.2) is 27.8 Å². The summed E-state index contributed by atoms with van der Waals surface area (Å²) >= 11 is 0. The van der Waals surface area contributed by atoms with E-state index in [4.69, 9.17) is 10.2 Å². The first kappa shape index (κ1) is 11.3. The third-order valence-corrected chi connectivity index (χ3v) is 2.04. The molecule has 1 aromatic carbocycles. The van der Waals surface area contributed by atoms with Crippen LogP contribution in [0.3, 0.4) is 0 Å². The molecular formula is C10H13NO4. The lowest BCUT2D eigenvalue weighted by atomic mass is 10.1. The lowest BCUT2D eigenvalue weighted by molar-refractivity contribution is -0.136. The summed E-state index contributed by atoms with van der Waals surface area (Å²) in [4.78, 5) is 10.3. The van der Waals surface area contributed by atoms with Crippen molar-refractivity contribution in [3.63, 3.8) is 0 Å². The quantitative estimate of drug-likeness (QED) is 0.592. The van der Waals surface area contributed by atoms with E-state index >= 15 is 0 Å². The molecule has 0 saturated heterocycles. The highest BCUT2D eigenvalue weighted by molar-refractivity contribution is 5.69. The molecule has 0 spiro atoms. The third kappa shape index (κ3) is 3.14. The maximum absolute atomic E-state index is 10.3. The Morgan fingerprint density at radius 1 is 1.47 bits per heavy atom. The molecule has 0 amide bonds. The van der Waals surface area contributed by atoms with Crippen LogP contribution >= 0.6 is 0 Å². The Balaban J connectivity index is 2.73. The topological polar surface area (TPSA) is 89.8 Å². The van der Waals surface area contributed by atoms with Gasteiger partial charge in [-0.25, -0.2) is 0 Å². The van der Waals surface area contributed by atoms with Crippen LogP contribution < -0.4 is 5.32 Å². The number of phenols is 2. The third-order valence-electron chi connectivity index (χ3n) is 2.04. The van der Waals surface area contributed by atoms with Gasteiger partial charge in [0.15, 0.2) is 0 Å². The van der Waals surface area contributed by atoms with E-state index in [0.717, 1.165) is 0 Å². The van der Waals surface area contributed by atoms with E-state index in [1.54, 1.807) is 13.0 Å². The molecular weight excluding hydrogens is 198 g/mol. The monoisotopic (exact) mass is 211 g/mol. The zero-order chi connectivity index (χ0) is 11.4. The number of carboxylic acids is 1. The van der Waals surface area contributed by atoms with Gasteiger partial charge in [-0.2, -0.15) is 0 Å². The summed E-state index contributed by atoms with van der Waals surface area (Å²) in [6, 6.07) is 3.91. The summed E-state index contributed by atoms with van der Waals surface area (Å²) in [5, 5.41) is 29.7. The van der Waals surface area contributed by atoms with Crippen molar-refractivity contribution in [2.75, 3.05) is 6.54 Å². The molecule has 5 heteroatoms. The Morgan fingerprint density at radius 2 is 2.13 bits per heavy atom. The first-order valence-corrected chi connectivity index (χ1v) is 4.47. The van der Waals surface area contributed by atoms with Gasteiger partial charge in [-0.3, -0.25) is 4.79 Å². The minimum Gasteiger partial charge on any atom is -0.508 e. The molecule has 0 bridgehead atoms. The number of aliphatic carboxylic acids is 1. The average molecular weight is 211 g/mol. The molecule has 1 rings (SSSR count). The van der Waals surface area contributed by atoms with Crippen LogP contribution in [-0.2, 0) is 4.79 Å². The number of rotatable bonds is 4. The van der Waals surface area contributed by atoms with Gasteiger partial charge in [0.2, 0.25) is 0 Å². The molecule has 1 aromatic rings. The molecule has 0 aliphatic heterocycles. The van der Waals surface area contributed by atoms with Gasteiger partial charge in [0.25, 0.3) is 0 Å². The SMILES string of the molecule is C[C@H](NCC(=O)O)c1ccc(O)cc1O. The minimum atomic E-state index is -0.958. The second-order valence-corrected chi connectivity index (χ2v) is 3.24. The Bertz CT molecular complexity index is 364. The summed E-state index contributed by atoms with van der Waals surface area (Å²) in [5.74, 6) is -1.04. The summed E-state index contributed by atoms with van der Waals surface area (Å²) in [6.07, 6.45) is 0. The molecule has 0 aliphatic carbocycles. The van der Waals surface area contributed by atoms with E-state index in [2.05, 4.69) is 5.32 Å². The van der Waals surface area contributed by atoms with Gasteiger partial charge in [-0.15, -0.1) is 0 Å². The number of benzene rings is 1. The normalized spacial score (nSPS) is 12.3. The number of hydrogen-bond acceptors (Lipinski definition) is 4. The van der Waals surface area contributed by atoms with Crippen LogP contribution in [0.25, 0.3) is 0 Å². The molecule has 0 heterocycles. The van der Waals surface area contributed by atoms with Gasteiger partial charge in [0, 0.05) is 17.7 Å². The Morgan fingerprint density at radius 3 is 2.67 bits per heavy atom. The van der Waals surface area contributed by atoms with Gasteiger partial charge in [0.05, 0.1) is 6.54 Å². The fourth-order valence-corrected chi connectivity index (χ4v) is 1.25. The van der Waals surface area contributed by atoms with Crippen molar-refractivity contribution in [3.8, 4) is 11.5 Å². The first-order chi connectivity index (χ1) is 7.00. The molecule has 0 aromatic heterocycles. The van der Waals surface area contributed by atoms with Crippen molar-refractivity contribution < 1.29 is 20.1 Å². The maximum atomic E-state index is 10.3. The molecule has 0 radical (unpaired) electrons. The zero-order valence-corrected chi connectivity index (χ0v) is 8.27. The Hall–Kier alpha value is -1.75. The summed E-state index contributed by atoms with van der Waals surface area (Å²) in [7, 11) is 0. The molecule has 1 atom stereocenters. The lowest BCUT2D eigenvalue weighted by Gasteiger charge is -2.14. The first-order valence-electron chi connectivity index (χ1n) is 4.47. The van der Waals surface area contributed by atoms with Crippen LogP contribution in [0, 0.1) is 0 Å². The number of phenolic OH excluding ortho intramolecular Hbond substituents is 2. The smallest absolute Gasteiger partial charge is 0.317 e. The zero-order valence-electron chi connectivity index (χ0n) is 8.27. The van der Waals surface area contributed by atoms with E-state index < -0.39 is 5.97 Å². The van der Waals surface area contributed by atoms with Crippen molar-refractivity contribution >= 4 is 5.97 Å². The predicted octanol–water partition coefficient (Wildman–Crippen LogP) is 0.833. The van der Waals surface area contributed by atoms with Crippen LogP contribution in [0.15, 0.2) is 18.2 Å². The van der Waals surface area contributed by atoms with Gasteiger partial charge in [0.1, 0.15) is 11.5 Å². The van der Waals surface area contributed by atoms with Crippen molar-refractivity contribution in [2.24, 2.45) is 0 Å². The predicted molar refractivity (Wildman–Crippen MR) is 53.8 cm³/mol. The number of carbonyl (C=O) groups is 1. The van der Waals surface area contributed by atoms with Crippen molar-refractivity contribution in [1.29, 1.82) is 0 Å². The van der Waals surface area contributed by atoms with Crippen LogP contribution in [0.1, 0.15) is 18.5 Å². The Kier molecular flexibility index (Phi) is 3.51. The highest BCUT2D eigenvalue weighted by Gasteiger charge is 2.11. The number of carboxylic acid groups (broad SMARTS) is 1. The largest absolute Gasteiger partial charge is 0.508 e. The van der Waals surface area contributed by atoms with Gasteiger partial charge in [-0.1, -0.05) is 6.07 Å². The fourth-order valence-electron chi connectivity index (χ4n) is 1.25. The van der Waals surface area contributed by atoms with E-state index in [1.165, 1.54) is 12.1 Å². The molecule has 0 aliphatic rings. The summed E-state index contributed by atoms with van der Waals surface area (Å²) in [5.41, 5.74) is 0.550. The highest BCUT2D eigenvalue weighted by Crippen LogP contribution is 2.27. The van der Waals surface area contributed by atoms with Crippen molar-refractivity contribution in [3.05, 3.63) is 23.8 Å². The van der Waals surface area contributed by atoms with Crippen LogP contribution in [0.2, 0.25) is 0 Å². The van der Waals surface area contributed by atoms with E-state index in [1.807, 2.05) is 0 Å². The van der Waals surface area contributed by atoms with Gasteiger partial charge >= 0.3 is 5.97 Å². The molecule has 0 fully saturated rings. The van der Waals surface area contributed by atoms with Gasteiger partial charge in [-0.05, 0) is 13.0 Å². The standard InChI is InChI=1S/C10H13NO4/c1-6(11-5-10(14)15)8-3-2-7(12)4-9(8)13/h2-4,6,11-13H,5H2,1H3,(H,14,15)/t6-/m0/s1. The highest BCUT2D eigenvalue weighted by atomic mass is 16.4. The molecule has 5 nitrogen and oxygen atoms in total.